The van der Waals surface area contributed by atoms with Gasteiger partial charge in [0.25, 0.3) is 11.8 Å². The second-order valence-electron chi connectivity index (χ2n) is 6.82. The van der Waals surface area contributed by atoms with Crippen molar-refractivity contribution in [2.45, 2.75) is 12.5 Å². The van der Waals surface area contributed by atoms with E-state index >= 15 is 0 Å². The van der Waals surface area contributed by atoms with Crippen LogP contribution in [0.25, 0.3) is 0 Å². The second-order valence-corrected chi connectivity index (χ2v) is 8.75. The molecule has 3 aromatic rings. The lowest BCUT2D eigenvalue weighted by Crippen LogP contribution is -2.34. The van der Waals surface area contributed by atoms with Crippen LogP contribution >= 0.6 is 22.7 Å². The van der Waals surface area contributed by atoms with E-state index in [9.17, 15) is 18.8 Å². The molecule has 4 rings (SSSR count). The number of hydrazone groups is 1. The molecule has 0 fully saturated rings. The van der Waals surface area contributed by atoms with Crippen molar-refractivity contribution >= 4 is 46.2 Å². The Labute approximate surface area is 191 Å². The number of hydrogen-bond donors (Lipinski definition) is 1. The topological polar surface area (TPSA) is 88.1 Å². The number of benzene rings is 1. The molecular weight excluding hydrogens is 453 g/mol. The number of hydrogen-bond acceptors (Lipinski definition) is 7. The number of amides is 2. The Morgan fingerprint density at radius 2 is 1.88 bits per heavy atom. The number of ether oxygens (including phenoxy) is 1. The summed E-state index contributed by atoms with van der Waals surface area (Å²) < 4.78 is 18.7. The van der Waals surface area contributed by atoms with E-state index in [1.807, 2.05) is 35.0 Å². The van der Waals surface area contributed by atoms with E-state index in [2.05, 4.69) is 10.4 Å². The monoisotopic (exact) mass is 471 g/mol. The third kappa shape index (κ3) is 4.92. The Hall–Kier alpha value is -3.37. The van der Waals surface area contributed by atoms with Gasteiger partial charge in [0.05, 0.1) is 22.2 Å². The van der Waals surface area contributed by atoms with E-state index in [1.54, 1.807) is 11.3 Å². The van der Waals surface area contributed by atoms with Gasteiger partial charge in [0.1, 0.15) is 12.4 Å². The number of halogens is 1. The molecule has 2 aromatic heterocycles. The standard InChI is InChI=1S/C22H18FN3O4S2/c23-15-6-2-1-5-14(15)22(29)24-12-21(28)30-13-20(27)26-17(19-8-4-10-32-19)11-16(25-26)18-7-3-9-31-18/h1-10,17H,11-13H2,(H,24,29). The Morgan fingerprint density at radius 1 is 1.09 bits per heavy atom. The van der Waals surface area contributed by atoms with Crippen molar-refractivity contribution < 1.29 is 23.5 Å². The van der Waals surface area contributed by atoms with Crippen molar-refractivity contribution in [1.82, 2.24) is 10.3 Å². The minimum Gasteiger partial charge on any atom is -0.454 e. The van der Waals surface area contributed by atoms with Gasteiger partial charge in [-0.05, 0) is 35.0 Å². The van der Waals surface area contributed by atoms with E-state index in [-0.39, 0.29) is 11.6 Å². The molecule has 0 aliphatic carbocycles. The average Bonchev–Trinajstić information content (AvgIpc) is 3.56. The first kappa shape index (κ1) is 21.8. The molecule has 0 saturated carbocycles. The maximum absolute atomic E-state index is 13.6. The van der Waals surface area contributed by atoms with Crippen LogP contribution in [0.2, 0.25) is 0 Å². The summed E-state index contributed by atoms with van der Waals surface area (Å²) in [6, 6.07) is 12.9. The summed E-state index contributed by atoms with van der Waals surface area (Å²) in [7, 11) is 0. The smallest absolute Gasteiger partial charge is 0.325 e. The summed E-state index contributed by atoms with van der Waals surface area (Å²) in [5, 5.41) is 12.0. The van der Waals surface area contributed by atoms with Crippen molar-refractivity contribution in [1.29, 1.82) is 0 Å². The van der Waals surface area contributed by atoms with Crippen molar-refractivity contribution in [2.24, 2.45) is 5.10 Å². The summed E-state index contributed by atoms with van der Waals surface area (Å²) in [5.41, 5.74) is 0.623. The van der Waals surface area contributed by atoms with Crippen LogP contribution in [0.1, 0.15) is 32.6 Å². The fourth-order valence-corrected chi connectivity index (χ4v) is 4.72. The minimum atomic E-state index is -0.808. The molecule has 3 heterocycles. The molecule has 1 aliphatic rings. The molecule has 0 saturated heterocycles. The molecule has 1 unspecified atom stereocenters. The molecule has 10 heteroatoms. The van der Waals surface area contributed by atoms with E-state index in [1.165, 1.54) is 34.5 Å². The first-order chi connectivity index (χ1) is 15.5. The van der Waals surface area contributed by atoms with E-state index < -0.39 is 36.8 Å². The Bertz CT molecular complexity index is 1150. The first-order valence-electron chi connectivity index (χ1n) is 9.68. The predicted octanol–water partition coefficient (Wildman–Crippen LogP) is 3.60. The maximum atomic E-state index is 13.6. The third-order valence-corrected chi connectivity index (χ3v) is 6.60. The molecule has 1 atom stereocenters. The van der Waals surface area contributed by atoms with Gasteiger partial charge >= 0.3 is 5.97 Å². The highest BCUT2D eigenvalue weighted by molar-refractivity contribution is 7.12. The van der Waals surface area contributed by atoms with Crippen LogP contribution in [-0.2, 0) is 14.3 Å². The third-order valence-electron chi connectivity index (χ3n) is 4.71. The summed E-state index contributed by atoms with van der Waals surface area (Å²) in [6.45, 7) is -1.00. The van der Waals surface area contributed by atoms with Crippen LogP contribution in [0.3, 0.4) is 0 Å². The van der Waals surface area contributed by atoms with Gasteiger partial charge in [0.2, 0.25) is 0 Å². The van der Waals surface area contributed by atoms with Gasteiger partial charge in [-0.1, -0.05) is 24.3 Å². The molecule has 0 bridgehead atoms. The molecule has 0 radical (unpaired) electrons. The lowest BCUT2D eigenvalue weighted by atomic mass is 10.1. The number of nitrogens with one attached hydrogen (secondary N) is 1. The van der Waals surface area contributed by atoms with Gasteiger partial charge in [-0.15, -0.1) is 22.7 Å². The fraction of sp³-hybridized carbons (Fsp3) is 0.182. The zero-order chi connectivity index (χ0) is 22.5. The largest absolute Gasteiger partial charge is 0.454 e. The highest BCUT2D eigenvalue weighted by Crippen LogP contribution is 2.35. The first-order valence-corrected chi connectivity index (χ1v) is 11.4. The Morgan fingerprint density at radius 3 is 2.59 bits per heavy atom. The lowest BCUT2D eigenvalue weighted by molar-refractivity contribution is -0.151. The molecule has 164 valence electrons. The predicted molar refractivity (Wildman–Crippen MR) is 119 cm³/mol. The maximum Gasteiger partial charge on any atom is 0.325 e. The van der Waals surface area contributed by atoms with E-state index in [0.29, 0.717) is 6.42 Å². The molecule has 1 aliphatic heterocycles. The second kappa shape index (κ2) is 9.84. The van der Waals surface area contributed by atoms with Gasteiger partial charge in [-0.3, -0.25) is 14.4 Å². The average molecular weight is 472 g/mol. The molecule has 1 N–H and O–H groups in total. The summed E-state index contributed by atoms with van der Waals surface area (Å²) in [6.07, 6.45) is 0.569. The van der Waals surface area contributed by atoms with Crippen molar-refractivity contribution in [3.63, 3.8) is 0 Å². The van der Waals surface area contributed by atoms with Crippen LogP contribution in [0.15, 0.2) is 64.4 Å². The zero-order valence-corrected chi connectivity index (χ0v) is 18.3. The van der Waals surface area contributed by atoms with Gasteiger partial charge in [0, 0.05) is 11.3 Å². The minimum absolute atomic E-state index is 0.178. The highest BCUT2D eigenvalue weighted by Gasteiger charge is 2.34. The molecule has 0 spiro atoms. The molecule has 32 heavy (non-hydrogen) atoms. The quantitative estimate of drug-likeness (QED) is 0.534. The van der Waals surface area contributed by atoms with Gasteiger partial charge < -0.3 is 10.1 Å². The molecule has 1 aromatic carbocycles. The van der Waals surface area contributed by atoms with Gasteiger partial charge in [-0.2, -0.15) is 5.10 Å². The zero-order valence-electron chi connectivity index (χ0n) is 16.7. The summed E-state index contributed by atoms with van der Waals surface area (Å²) in [5.74, 6) is -2.71. The van der Waals surface area contributed by atoms with Crippen LogP contribution in [0.4, 0.5) is 4.39 Å². The van der Waals surface area contributed by atoms with E-state index in [4.69, 9.17) is 4.74 Å². The number of nitrogens with zero attached hydrogens (tertiary/aromatic N) is 2. The fourth-order valence-electron chi connectivity index (χ4n) is 3.19. The SMILES string of the molecule is O=C(CNC(=O)c1ccccc1F)OCC(=O)N1N=C(c2cccs2)CC1c1cccs1. The number of esters is 1. The normalized spacial score (nSPS) is 15.3. The molecular formula is C22H18FN3O4S2. The number of carbonyl (C=O) groups is 3. The highest BCUT2D eigenvalue weighted by atomic mass is 32.1. The molecule has 7 nitrogen and oxygen atoms in total. The van der Waals surface area contributed by atoms with Crippen LogP contribution in [-0.4, -0.2) is 41.7 Å². The number of carbonyl (C=O) groups excluding carboxylic acids is 3. The number of thiophene rings is 2. The summed E-state index contributed by atoms with van der Waals surface area (Å²) >= 11 is 3.07. The van der Waals surface area contributed by atoms with Crippen LogP contribution < -0.4 is 5.32 Å². The van der Waals surface area contributed by atoms with Gasteiger partial charge in [0.15, 0.2) is 6.61 Å². The van der Waals surface area contributed by atoms with Crippen molar-refractivity contribution in [2.75, 3.05) is 13.2 Å². The van der Waals surface area contributed by atoms with Crippen LogP contribution in [0.5, 0.6) is 0 Å². The Balaban J connectivity index is 1.35. The lowest BCUT2D eigenvalue weighted by Gasteiger charge is -2.20. The van der Waals surface area contributed by atoms with Gasteiger partial charge in [-0.25, -0.2) is 9.40 Å². The van der Waals surface area contributed by atoms with E-state index in [0.717, 1.165) is 21.5 Å². The summed E-state index contributed by atoms with van der Waals surface area (Å²) in [4.78, 5) is 38.8. The Kier molecular flexibility index (Phi) is 6.72. The molecule has 2 amide bonds. The van der Waals surface area contributed by atoms with Crippen molar-refractivity contribution in [3.05, 3.63) is 80.4 Å². The van der Waals surface area contributed by atoms with Crippen molar-refractivity contribution in [3.8, 4) is 0 Å². The number of rotatable bonds is 7. The van der Waals surface area contributed by atoms with Crippen LogP contribution in [0, 0.1) is 5.82 Å².